The van der Waals surface area contributed by atoms with Gasteiger partial charge in [0.1, 0.15) is 18.7 Å². The number of carbonyl (C=O) groups excluding carboxylic acids is 1. The molecule has 1 unspecified atom stereocenters. The molecule has 0 fully saturated rings. The van der Waals surface area contributed by atoms with Crippen LogP contribution in [0.2, 0.25) is 5.02 Å². The fraction of sp³-hybridized carbons (Fsp3) is 0.167. The number of aromatic nitrogens is 3. The minimum atomic E-state index is -1.10. The van der Waals surface area contributed by atoms with Crippen LogP contribution in [-0.4, -0.2) is 31.7 Å². The lowest BCUT2D eigenvalue weighted by atomic mass is 10.2. The van der Waals surface area contributed by atoms with Crippen LogP contribution in [0.4, 0.5) is 5.69 Å². The van der Waals surface area contributed by atoms with Crippen molar-refractivity contribution < 1.29 is 14.7 Å². The number of hydrogen-bond acceptors (Lipinski definition) is 4. The second-order valence-corrected chi connectivity index (χ2v) is 4.45. The molecule has 1 amide bonds. The zero-order chi connectivity index (χ0) is 14.7. The van der Waals surface area contributed by atoms with Gasteiger partial charge in [-0.3, -0.25) is 4.79 Å². The summed E-state index contributed by atoms with van der Waals surface area (Å²) >= 11 is 5.93. The molecule has 20 heavy (non-hydrogen) atoms. The van der Waals surface area contributed by atoms with E-state index in [1.807, 2.05) is 0 Å². The molecule has 1 heterocycles. The van der Waals surface area contributed by atoms with E-state index in [9.17, 15) is 9.59 Å². The highest BCUT2D eigenvalue weighted by molar-refractivity contribution is 6.33. The van der Waals surface area contributed by atoms with Gasteiger partial charge in [-0.15, -0.1) is 0 Å². The van der Waals surface area contributed by atoms with Crippen molar-refractivity contribution >= 4 is 29.2 Å². The minimum absolute atomic E-state index is 0.0399. The number of halogens is 1. The summed E-state index contributed by atoms with van der Waals surface area (Å²) in [4.78, 5) is 26.7. The second-order valence-electron chi connectivity index (χ2n) is 4.04. The van der Waals surface area contributed by atoms with Crippen LogP contribution in [0, 0.1) is 0 Å². The first kappa shape index (κ1) is 14.0. The van der Waals surface area contributed by atoms with Crippen LogP contribution in [0.25, 0.3) is 0 Å². The Bertz CT molecular complexity index is 642. The van der Waals surface area contributed by atoms with E-state index in [-0.39, 0.29) is 22.2 Å². The van der Waals surface area contributed by atoms with Gasteiger partial charge in [0.2, 0.25) is 5.91 Å². The molecule has 0 bridgehead atoms. The summed E-state index contributed by atoms with van der Waals surface area (Å²) in [5.41, 5.74) is 0.279. The predicted molar refractivity (Wildman–Crippen MR) is 71.8 cm³/mol. The first-order chi connectivity index (χ1) is 9.49. The summed E-state index contributed by atoms with van der Waals surface area (Å²) in [5.74, 6) is -1.47. The number of anilines is 1. The molecule has 1 aromatic carbocycles. The molecular formula is C12H11ClN4O3. The van der Waals surface area contributed by atoms with Crippen molar-refractivity contribution in [2.24, 2.45) is 0 Å². The molecule has 1 aromatic heterocycles. The molecule has 0 aliphatic carbocycles. The monoisotopic (exact) mass is 294 g/mol. The molecule has 7 nitrogen and oxygen atoms in total. The third-order valence-electron chi connectivity index (χ3n) is 2.68. The molecule has 2 aromatic rings. The Labute approximate surface area is 119 Å². The SMILES string of the molecule is CC(C(=O)Nc1cc(C(=O)O)ccc1Cl)n1cncn1. The highest BCUT2D eigenvalue weighted by atomic mass is 35.5. The maximum atomic E-state index is 12.0. The average Bonchev–Trinajstić information content (AvgIpc) is 2.94. The second kappa shape index (κ2) is 5.70. The standard InChI is InChI=1S/C12H11ClN4O3/c1-7(17-6-14-5-15-17)11(18)16-10-4-8(12(19)20)2-3-9(10)13/h2-7H,1H3,(H,16,18)(H,19,20). The molecule has 0 aliphatic rings. The molecule has 0 spiro atoms. The van der Waals surface area contributed by atoms with Crippen molar-refractivity contribution in [1.29, 1.82) is 0 Å². The normalized spacial score (nSPS) is 11.9. The summed E-state index contributed by atoms with van der Waals surface area (Å²) in [7, 11) is 0. The van der Waals surface area contributed by atoms with Gasteiger partial charge in [-0.25, -0.2) is 14.5 Å². The molecule has 0 radical (unpaired) electrons. The van der Waals surface area contributed by atoms with E-state index in [0.29, 0.717) is 0 Å². The van der Waals surface area contributed by atoms with E-state index < -0.39 is 12.0 Å². The number of carboxylic acid groups (broad SMARTS) is 1. The number of rotatable bonds is 4. The van der Waals surface area contributed by atoms with Crippen LogP contribution >= 0.6 is 11.6 Å². The number of carboxylic acids is 1. The molecule has 2 N–H and O–H groups in total. The Balaban J connectivity index is 2.19. The van der Waals surface area contributed by atoms with E-state index in [2.05, 4.69) is 15.4 Å². The lowest BCUT2D eigenvalue weighted by Crippen LogP contribution is -2.24. The topological polar surface area (TPSA) is 97.1 Å². The van der Waals surface area contributed by atoms with Gasteiger partial charge in [-0.05, 0) is 25.1 Å². The van der Waals surface area contributed by atoms with E-state index in [1.165, 1.54) is 35.5 Å². The fourth-order valence-corrected chi connectivity index (χ4v) is 1.69. The van der Waals surface area contributed by atoms with Crippen molar-refractivity contribution in [2.45, 2.75) is 13.0 Å². The fourth-order valence-electron chi connectivity index (χ4n) is 1.53. The van der Waals surface area contributed by atoms with Gasteiger partial charge in [0, 0.05) is 0 Å². The zero-order valence-electron chi connectivity index (χ0n) is 10.4. The van der Waals surface area contributed by atoms with Crippen LogP contribution < -0.4 is 5.32 Å². The zero-order valence-corrected chi connectivity index (χ0v) is 11.2. The third-order valence-corrected chi connectivity index (χ3v) is 3.01. The largest absolute Gasteiger partial charge is 0.478 e. The highest BCUT2D eigenvalue weighted by Crippen LogP contribution is 2.24. The molecular weight excluding hydrogens is 284 g/mol. The first-order valence-corrected chi connectivity index (χ1v) is 6.04. The average molecular weight is 295 g/mol. The lowest BCUT2D eigenvalue weighted by molar-refractivity contribution is -0.119. The van der Waals surface area contributed by atoms with Crippen molar-refractivity contribution in [3.63, 3.8) is 0 Å². The van der Waals surface area contributed by atoms with Gasteiger partial charge in [-0.1, -0.05) is 11.6 Å². The number of aromatic carboxylic acids is 1. The number of carbonyl (C=O) groups is 2. The van der Waals surface area contributed by atoms with Gasteiger partial charge in [0.05, 0.1) is 16.3 Å². The lowest BCUT2D eigenvalue weighted by Gasteiger charge is -2.13. The van der Waals surface area contributed by atoms with Gasteiger partial charge >= 0.3 is 5.97 Å². The van der Waals surface area contributed by atoms with E-state index in [0.717, 1.165) is 0 Å². The van der Waals surface area contributed by atoms with Gasteiger partial charge in [0.15, 0.2) is 0 Å². The summed E-state index contributed by atoms with van der Waals surface area (Å²) in [5, 5.41) is 15.6. The maximum Gasteiger partial charge on any atom is 0.335 e. The Morgan fingerprint density at radius 3 is 2.80 bits per heavy atom. The maximum absolute atomic E-state index is 12.0. The van der Waals surface area contributed by atoms with E-state index >= 15 is 0 Å². The smallest absolute Gasteiger partial charge is 0.335 e. The van der Waals surface area contributed by atoms with Crippen LogP contribution in [0.1, 0.15) is 23.3 Å². The first-order valence-electron chi connectivity index (χ1n) is 5.67. The summed E-state index contributed by atoms with van der Waals surface area (Å²) in [6.07, 6.45) is 2.74. The number of nitrogens with one attached hydrogen (secondary N) is 1. The van der Waals surface area contributed by atoms with Gasteiger partial charge < -0.3 is 10.4 Å². The number of benzene rings is 1. The molecule has 1 atom stereocenters. The Kier molecular flexibility index (Phi) is 3.99. The van der Waals surface area contributed by atoms with Gasteiger partial charge in [0.25, 0.3) is 0 Å². The minimum Gasteiger partial charge on any atom is -0.478 e. The van der Waals surface area contributed by atoms with Crippen molar-refractivity contribution in [2.75, 3.05) is 5.32 Å². The third kappa shape index (κ3) is 2.94. The molecule has 104 valence electrons. The Morgan fingerprint density at radius 1 is 1.45 bits per heavy atom. The van der Waals surface area contributed by atoms with Crippen molar-refractivity contribution in [3.8, 4) is 0 Å². The Morgan fingerprint density at radius 2 is 2.20 bits per heavy atom. The predicted octanol–water partition coefficient (Wildman–Crippen LogP) is 1.83. The highest BCUT2D eigenvalue weighted by Gasteiger charge is 2.17. The van der Waals surface area contributed by atoms with E-state index in [4.69, 9.17) is 16.7 Å². The quantitative estimate of drug-likeness (QED) is 0.896. The van der Waals surface area contributed by atoms with Crippen LogP contribution in [0.3, 0.4) is 0 Å². The molecule has 0 aliphatic heterocycles. The van der Waals surface area contributed by atoms with Crippen molar-refractivity contribution in [3.05, 3.63) is 41.4 Å². The molecule has 2 rings (SSSR count). The van der Waals surface area contributed by atoms with Crippen LogP contribution in [-0.2, 0) is 4.79 Å². The van der Waals surface area contributed by atoms with Gasteiger partial charge in [-0.2, -0.15) is 5.10 Å². The molecule has 0 saturated heterocycles. The van der Waals surface area contributed by atoms with Crippen LogP contribution in [0.5, 0.6) is 0 Å². The molecule has 0 saturated carbocycles. The van der Waals surface area contributed by atoms with Crippen molar-refractivity contribution in [1.82, 2.24) is 14.8 Å². The summed E-state index contributed by atoms with van der Waals surface area (Å²) in [6.45, 7) is 1.64. The number of hydrogen-bond donors (Lipinski definition) is 2. The Hall–Kier alpha value is -2.41. The number of nitrogens with zero attached hydrogens (tertiary/aromatic N) is 3. The number of amides is 1. The summed E-state index contributed by atoms with van der Waals surface area (Å²) < 4.78 is 1.38. The van der Waals surface area contributed by atoms with Crippen LogP contribution in [0.15, 0.2) is 30.9 Å². The van der Waals surface area contributed by atoms with E-state index in [1.54, 1.807) is 6.92 Å². The molecule has 8 heteroatoms. The summed E-state index contributed by atoms with van der Waals surface area (Å²) in [6, 6.07) is 3.49.